The summed E-state index contributed by atoms with van der Waals surface area (Å²) in [6, 6.07) is 17.7. The number of allylic oxidation sites excluding steroid dienone is 3. The molecule has 0 saturated carbocycles. The van der Waals surface area contributed by atoms with E-state index in [1.807, 2.05) is 11.3 Å². The van der Waals surface area contributed by atoms with Crippen molar-refractivity contribution in [1.29, 1.82) is 0 Å². The van der Waals surface area contributed by atoms with Crippen LogP contribution in [0.25, 0.3) is 16.3 Å². The zero-order valence-electron chi connectivity index (χ0n) is 24.8. The summed E-state index contributed by atoms with van der Waals surface area (Å²) in [5.41, 5.74) is 7.00. The summed E-state index contributed by atoms with van der Waals surface area (Å²) < 4.78 is 26.9. The Morgan fingerprint density at radius 1 is 1.02 bits per heavy atom. The fourth-order valence-electron chi connectivity index (χ4n) is 5.38. The molecule has 216 valence electrons. The molecule has 0 spiro atoms. The van der Waals surface area contributed by atoms with Crippen LogP contribution in [0.5, 0.6) is 0 Å². The van der Waals surface area contributed by atoms with Crippen LogP contribution in [0.15, 0.2) is 65.9 Å². The fourth-order valence-corrected chi connectivity index (χ4v) is 9.25. The van der Waals surface area contributed by atoms with Crippen molar-refractivity contribution < 1.29 is 13.0 Å². The van der Waals surface area contributed by atoms with Crippen LogP contribution in [0.1, 0.15) is 70.9 Å². The van der Waals surface area contributed by atoms with Gasteiger partial charge in [-0.3, -0.25) is 0 Å². The van der Waals surface area contributed by atoms with E-state index in [1.54, 1.807) is 7.05 Å². The molecule has 0 radical (unpaired) electrons. The number of para-hydroxylation sites is 2. The Morgan fingerprint density at radius 2 is 1.70 bits per heavy atom. The van der Waals surface area contributed by atoms with Gasteiger partial charge in [-0.1, -0.05) is 75.8 Å². The number of fused-ring (bicyclic) bond motifs is 2. The predicted octanol–water partition coefficient (Wildman–Crippen LogP) is 7.13. The Hall–Kier alpha value is -2.13. The summed E-state index contributed by atoms with van der Waals surface area (Å²) in [6.45, 7) is 13.6. The molecule has 0 amide bonds. The number of aryl methyl sites for hydroxylation is 1. The van der Waals surface area contributed by atoms with Crippen LogP contribution in [-0.4, -0.2) is 37.2 Å². The Balaban J connectivity index is 0.000000350. The highest BCUT2D eigenvalue weighted by atomic mass is 32.3. The normalized spacial score (nSPS) is 21.9. The molecule has 0 aliphatic carbocycles. The van der Waals surface area contributed by atoms with E-state index in [2.05, 4.69) is 105 Å². The largest absolute Gasteiger partial charge is 0.344 e. The van der Waals surface area contributed by atoms with E-state index in [9.17, 15) is 8.42 Å². The van der Waals surface area contributed by atoms with E-state index in [1.165, 1.54) is 54.3 Å². The molecule has 1 aromatic heterocycles. The highest BCUT2D eigenvalue weighted by Crippen LogP contribution is 2.48. The van der Waals surface area contributed by atoms with Crippen LogP contribution < -0.4 is 9.47 Å². The van der Waals surface area contributed by atoms with Crippen molar-refractivity contribution in [3.63, 3.8) is 0 Å². The number of aromatic nitrogens is 1. The fraction of sp³-hybridized carbons (Fsp3) is 0.469. The first-order valence-electron chi connectivity index (χ1n) is 14.4. The Labute approximate surface area is 249 Å². The van der Waals surface area contributed by atoms with E-state index in [-0.39, 0.29) is 5.41 Å². The number of unbranched alkanes of at least 4 members (excludes halogenated alkanes) is 1. The molecule has 0 N–H and O–H groups in total. The zero-order chi connectivity index (χ0) is 28.9. The van der Waals surface area contributed by atoms with Gasteiger partial charge < -0.3 is 4.90 Å². The quantitative estimate of drug-likeness (QED) is 0.272. The van der Waals surface area contributed by atoms with Gasteiger partial charge in [-0.25, -0.2) is 8.42 Å². The standard InChI is InChI=1S/C28H35N2S.C4H9NO2S2/c1-6-9-18-30-23-15-11-10-14-22(23)28(4,5)26(30)19-21(7-2)20-27-29(8-3)24-16-12-13-17-25(24)31-27;1-5-8(6)3-2-4-9(5)7/h10-17,19-20H,6-9,18H2,1-5H3;2-4H2,1H3/q+1;. The maximum absolute atomic E-state index is 10.8. The van der Waals surface area contributed by atoms with Gasteiger partial charge in [0.15, 0.2) is 0 Å². The van der Waals surface area contributed by atoms with Gasteiger partial charge in [0, 0.05) is 54.0 Å². The van der Waals surface area contributed by atoms with Crippen molar-refractivity contribution >= 4 is 55.3 Å². The van der Waals surface area contributed by atoms with Crippen molar-refractivity contribution in [3.8, 4) is 0 Å². The van der Waals surface area contributed by atoms with E-state index >= 15 is 0 Å². The lowest BCUT2D eigenvalue weighted by atomic mass is 9.83. The van der Waals surface area contributed by atoms with Crippen molar-refractivity contribution in [2.24, 2.45) is 0 Å². The first-order valence-corrected chi connectivity index (χ1v) is 17.8. The monoisotopic (exact) mass is 598 g/mol. The second-order valence-electron chi connectivity index (χ2n) is 10.7. The minimum absolute atomic E-state index is 0.0134. The van der Waals surface area contributed by atoms with Gasteiger partial charge in [-0.15, -0.1) is 3.71 Å². The van der Waals surface area contributed by atoms with E-state index in [0.29, 0.717) is 11.5 Å². The summed E-state index contributed by atoms with van der Waals surface area (Å²) >= 11 is 1.90. The smallest absolute Gasteiger partial charge is 0.263 e. The molecule has 1 saturated heterocycles. The highest BCUT2D eigenvalue weighted by Gasteiger charge is 2.39. The zero-order valence-corrected chi connectivity index (χ0v) is 27.3. The SMILES string of the molecule is CCCCN1/C(=C/C(=C/c2sc3ccccc3[n+]2CC)CC)C(C)(C)c2ccccc21.CN1S(=O)CCCS1=O. The number of hydrogen-bond acceptors (Lipinski definition) is 4. The summed E-state index contributed by atoms with van der Waals surface area (Å²) in [6.07, 6.45) is 9.15. The van der Waals surface area contributed by atoms with Crippen molar-refractivity contribution in [2.45, 2.75) is 72.3 Å². The third-order valence-corrected chi connectivity index (χ3v) is 12.3. The third-order valence-electron chi connectivity index (χ3n) is 7.74. The van der Waals surface area contributed by atoms with Crippen LogP contribution in [0, 0.1) is 0 Å². The molecule has 2 atom stereocenters. The molecule has 1 fully saturated rings. The lowest BCUT2D eigenvalue weighted by Gasteiger charge is -2.27. The third kappa shape index (κ3) is 6.51. The van der Waals surface area contributed by atoms with Crippen molar-refractivity contribution in [1.82, 2.24) is 3.71 Å². The summed E-state index contributed by atoms with van der Waals surface area (Å²) in [4.78, 5) is 2.57. The molecular formula is C32H44N3O2S3+. The molecule has 40 heavy (non-hydrogen) atoms. The maximum Gasteiger partial charge on any atom is 0.263 e. The molecule has 3 heterocycles. The first kappa shape index (κ1) is 30.8. The Bertz CT molecular complexity index is 1420. The molecule has 5 nitrogen and oxygen atoms in total. The lowest BCUT2D eigenvalue weighted by molar-refractivity contribution is -0.665. The predicted molar refractivity (Wildman–Crippen MR) is 174 cm³/mol. The van der Waals surface area contributed by atoms with Gasteiger partial charge in [0.25, 0.3) is 5.01 Å². The number of thiazole rings is 1. The van der Waals surface area contributed by atoms with Gasteiger partial charge in [0.2, 0.25) is 5.52 Å². The average molecular weight is 599 g/mol. The van der Waals surface area contributed by atoms with Crippen molar-refractivity contribution in [2.75, 3.05) is 30.0 Å². The van der Waals surface area contributed by atoms with E-state index < -0.39 is 22.0 Å². The average Bonchev–Trinajstić information content (AvgIpc) is 3.41. The molecule has 2 aromatic carbocycles. The highest BCUT2D eigenvalue weighted by molar-refractivity contribution is 7.98. The van der Waals surface area contributed by atoms with Crippen LogP contribution in [0.3, 0.4) is 0 Å². The summed E-state index contributed by atoms with van der Waals surface area (Å²) in [7, 11) is -0.333. The number of anilines is 1. The Kier molecular flexibility index (Phi) is 10.5. The number of hydrogen-bond donors (Lipinski definition) is 0. The topological polar surface area (TPSA) is 44.5 Å². The Morgan fingerprint density at radius 3 is 2.35 bits per heavy atom. The van der Waals surface area contributed by atoms with E-state index in [4.69, 9.17) is 0 Å². The lowest BCUT2D eigenvalue weighted by Crippen LogP contribution is -2.33. The number of nitrogens with zero attached hydrogens (tertiary/aromatic N) is 3. The summed E-state index contributed by atoms with van der Waals surface area (Å²) in [5.74, 6) is 1.34. The molecule has 2 unspecified atom stereocenters. The van der Waals surface area contributed by atoms with Gasteiger partial charge in [-0.05, 0) is 55.5 Å². The minimum atomic E-state index is -0.982. The van der Waals surface area contributed by atoms with Crippen LogP contribution in [-0.2, 0) is 33.9 Å². The maximum atomic E-state index is 10.8. The van der Waals surface area contributed by atoms with Crippen molar-refractivity contribution in [3.05, 3.63) is 76.4 Å². The number of benzene rings is 2. The number of rotatable bonds is 7. The van der Waals surface area contributed by atoms with Crippen LogP contribution in [0.4, 0.5) is 5.69 Å². The van der Waals surface area contributed by atoms with E-state index in [0.717, 1.165) is 25.9 Å². The molecule has 8 heteroatoms. The molecule has 2 aliphatic heterocycles. The van der Waals surface area contributed by atoms with Gasteiger partial charge in [-0.2, -0.15) is 4.57 Å². The molecule has 3 aromatic rings. The second kappa shape index (κ2) is 13.7. The second-order valence-corrected chi connectivity index (χ2v) is 15.2. The molecular weight excluding hydrogens is 555 g/mol. The van der Waals surface area contributed by atoms with Gasteiger partial charge in [0.05, 0.1) is 0 Å². The molecule has 0 bridgehead atoms. The van der Waals surface area contributed by atoms with Gasteiger partial charge >= 0.3 is 0 Å². The minimum Gasteiger partial charge on any atom is -0.344 e. The molecule has 2 aliphatic rings. The van der Waals surface area contributed by atoms with Gasteiger partial charge in [0.1, 0.15) is 33.2 Å². The molecule has 5 rings (SSSR count). The van der Waals surface area contributed by atoms with Crippen LogP contribution in [0.2, 0.25) is 0 Å². The first-order chi connectivity index (χ1) is 19.2. The summed E-state index contributed by atoms with van der Waals surface area (Å²) in [5, 5.41) is 1.34. The van der Waals surface area contributed by atoms with Crippen LogP contribution >= 0.6 is 11.3 Å².